The van der Waals surface area contributed by atoms with Crippen molar-refractivity contribution >= 4 is 27.3 Å². The number of nitrogens with one attached hydrogen (secondary N) is 1. The number of hydrogen-bond acceptors (Lipinski definition) is 4. The molecule has 98 valence electrons. The Morgan fingerprint density at radius 3 is 2.72 bits per heavy atom. The van der Waals surface area contributed by atoms with Crippen LogP contribution in [0.5, 0.6) is 0 Å². The average Bonchev–Trinajstić information content (AvgIpc) is 2.76. The van der Waals surface area contributed by atoms with Crippen LogP contribution in [0.1, 0.15) is 11.1 Å². The molecule has 1 aromatic carbocycles. The van der Waals surface area contributed by atoms with Gasteiger partial charge in [0.05, 0.1) is 16.5 Å². The number of sulfone groups is 1. The number of halogens is 1. The number of nitrogens with zero attached hydrogens (tertiary/aromatic N) is 1. The van der Waals surface area contributed by atoms with Crippen molar-refractivity contribution in [2.24, 2.45) is 4.99 Å². The zero-order valence-electron chi connectivity index (χ0n) is 10.3. The average molecular weight is 287 g/mol. The van der Waals surface area contributed by atoms with Crippen LogP contribution in [0.2, 0.25) is 5.02 Å². The summed E-state index contributed by atoms with van der Waals surface area (Å²) in [6.45, 7) is 3.49. The first-order valence-corrected chi connectivity index (χ1v) is 7.92. The van der Waals surface area contributed by atoms with Crippen molar-refractivity contribution in [3.63, 3.8) is 0 Å². The smallest absolute Gasteiger partial charge is 0.177 e. The lowest BCUT2D eigenvalue weighted by Crippen LogP contribution is -2.21. The second kappa shape index (κ2) is 4.90. The van der Waals surface area contributed by atoms with Gasteiger partial charge in [0.15, 0.2) is 9.84 Å². The highest BCUT2D eigenvalue weighted by molar-refractivity contribution is 7.90. The van der Waals surface area contributed by atoms with Crippen molar-refractivity contribution in [3.8, 4) is 0 Å². The Morgan fingerprint density at radius 1 is 1.44 bits per heavy atom. The third-order valence-electron chi connectivity index (χ3n) is 2.96. The van der Waals surface area contributed by atoms with Crippen molar-refractivity contribution in [3.05, 3.63) is 28.3 Å². The molecule has 0 atom stereocenters. The molecule has 0 spiro atoms. The van der Waals surface area contributed by atoms with Gasteiger partial charge in [0.2, 0.25) is 0 Å². The number of aliphatic imine (C=N–C) groups is 1. The van der Waals surface area contributed by atoms with Crippen molar-refractivity contribution in [2.75, 3.05) is 19.3 Å². The molecule has 1 aliphatic heterocycles. The standard InChI is InChI=1S/C12H15ClN2O2S/c1-8-9(7-11-14-5-6-15-11)3-4-10(12(8)13)18(2,16)17/h3-4H,5-7H2,1-2H3,(H,14,15). The fraction of sp³-hybridized carbons (Fsp3) is 0.417. The van der Waals surface area contributed by atoms with E-state index in [4.69, 9.17) is 11.6 Å². The van der Waals surface area contributed by atoms with Crippen molar-refractivity contribution < 1.29 is 8.42 Å². The van der Waals surface area contributed by atoms with Crippen LogP contribution in [0.3, 0.4) is 0 Å². The molecule has 0 saturated carbocycles. The first kappa shape index (κ1) is 13.4. The van der Waals surface area contributed by atoms with Crippen LogP contribution >= 0.6 is 11.6 Å². The molecule has 4 nitrogen and oxygen atoms in total. The Hall–Kier alpha value is -1.07. The summed E-state index contributed by atoms with van der Waals surface area (Å²) in [5.74, 6) is 0.932. The summed E-state index contributed by atoms with van der Waals surface area (Å²) in [6.07, 6.45) is 1.82. The monoisotopic (exact) mass is 286 g/mol. The molecule has 0 radical (unpaired) electrons. The van der Waals surface area contributed by atoms with Gasteiger partial charge in [0, 0.05) is 19.2 Å². The minimum absolute atomic E-state index is 0.187. The van der Waals surface area contributed by atoms with Gasteiger partial charge < -0.3 is 5.32 Å². The predicted molar refractivity (Wildman–Crippen MR) is 73.3 cm³/mol. The van der Waals surface area contributed by atoms with E-state index in [1.54, 1.807) is 12.1 Å². The molecular formula is C12H15ClN2O2S. The SMILES string of the molecule is Cc1c(CC2=NCCN2)ccc(S(C)(=O)=O)c1Cl. The van der Waals surface area contributed by atoms with Crippen LogP contribution in [0.4, 0.5) is 0 Å². The summed E-state index contributed by atoms with van der Waals surface area (Å²) in [5.41, 5.74) is 1.80. The van der Waals surface area contributed by atoms with Gasteiger partial charge in [-0.25, -0.2) is 8.42 Å². The Kier molecular flexibility index (Phi) is 3.64. The van der Waals surface area contributed by atoms with Gasteiger partial charge in [-0.3, -0.25) is 4.99 Å². The summed E-state index contributed by atoms with van der Waals surface area (Å²) in [7, 11) is -3.28. The van der Waals surface area contributed by atoms with Crippen LogP contribution in [0.15, 0.2) is 22.0 Å². The molecule has 1 aliphatic rings. The highest BCUT2D eigenvalue weighted by atomic mass is 35.5. The molecule has 6 heteroatoms. The Bertz CT molecular complexity index is 609. The molecule has 1 N–H and O–H groups in total. The molecule has 1 aromatic rings. The third kappa shape index (κ3) is 2.67. The van der Waals surface area contributed by atoms with E-state index >= 15 is 0 Å². The molecule has 0 saturated heterocycles. The van der Waals surface area contributed by atoms with Gasteiger partial charge in [0.1, 0.15) is 5.84 Å². The van der Waals surface area contributed by atoms with E-state index in [1.165, 1.54) is 0 Å². The second-order valence-corrected chi connectivity index (χ2v) is 6.73. The third-order valence-corrected chi connectivity index (χ3v) is 4.70. The van der Waals surface area contributed by atoms with Crippen molar-refractivity contribution in [1.82, 2.24) is 5.32 Å². The summed E-state index contributed by atoms with van der Waals surface area (Å²) >= 11 is 6.13. The van der Waals surface area contributed by atoms with Gasteiger partial charge >= 0.3 is 0 Å². The van der Waals surface area contributed by atoms with Crippen LogP contribution in [0, 0.1) is 6.92 Å². The zero-order chi connectivity index (χ0) is 13.3. The highest BCUT2D eigenvalue weighted by Gasteiger charge is 2.17. The largest absolute Gasteiger partial charge is 0.372 e. The van der Waals surface area contributed by atoms with Gasteiger partial charge in [-0.15, -0.1) is 0 Å². The maximum atomic E-state index is 11.5. The topological polar surface area (TPSA) is 58.5 Å². The fourth-order valence-electron chi connectivity index (χ4n) is 1.92. The molecule has 0 unspecified atom stereocenters. The van der Waals surface area contributed by atoms with E-state index in [2.05, 4.69) is 10.3 Å². The Morgan fingerprint density at radius 2 is 2.17 bits per heavy atom. The van der Waals surface area contributed by atoms with Crippen LogP contribution in [0.25, 0.3) is 0 Å². The van der Waals surface area contributed by atoms with E-state index in [0.717, 1.165) is 36.3 Å². The Labute approximate surface area is 112 Å². The minimum Gasteiger partial charge on any atom is -0.372 e. The summed E-state index contributed by atoms with van der Waals surface area (Å²) in [6, 6.07) is 3.37. The van der Waals surface area contributed by atoms with Crippen molar-refractivity contribution in [2.45, 2.75) is 18.2 Å². The molecule has 1 heterocycles. The van der Waals surface area contributed by atoms with Crippen molar-refractivity contribution in [1.29, 1.82) is 0 Å². The molecule has 0 amide bonds. The van der Waals surface area contributed by atoms with Crippen LogP contribution < -0.4 is 5.32 Å². The summed E-state index contributed by atoms with van der Waals surface area (Å²) < 4.78 is 23.1. The number of rotatable bonds is 3. The normalized spacial score (nSPS) is 15.4. The molecule has 2 rings (SSSR count). The van der Waals surface area contributed by atoms with Gasteiger partial charge in [-0.05, 0) is 24.1 Å². The molecule has 18 heavy (non-hydrogen) atoms. The quantitative estimate of drug-likeness (QED) is 0.918. The lowest BCUT2D eigenvalue weighted by Gasteiger charge is -2.11. The highest BCUT2D eigenvalue weighted by Crippen LogP contribution is 2.28. The van der Waals surface area contributed by atoms with Gasteiger partial charge in [-0.2, -0.15) is 0 Å². The molecule has 0 fully saturated rings. The molecule has 0 aliphatic carbocycles. The first-order valence-electron chi connectivity index (χ1n) is 5.65. The molecule has 0 aromatic heterocycles. The number of hydrogen-bond donors (Lipinski definition) is 1. The molecular weight excluding hydrogens is 272 g/mol. The van der Waals surface area contributed by atoms with Crippen LogP contribution in [-0.4, -0.2) is 33.6 Å². The van der Waals surface area contributed by atoms with Gasteiger partial charge in [-0.1, -0.05) is 17.7 Å². The summed E-state index contributed by atoms with van der Waals surface area (Å²) in [4.78, 5) is 4.50. The predicted octanol–water partition coefficient (Wildman–Crippen LogP) is 1.60. The van der Waals surface area contributed by atoms with E-state index in [0.29, 0.717) is 11.4 Å². The second-order valence-electron chi connectivity index (χ2n) is 4.37. The van der Waals surface area contributed by atoms with E-state index in [-0.39, 0.29) is 4.90 Å². The molecule has 0 bridgehead atoms. The minimum atomic E-state index is -3.28. The van der Waals surface area contributed by atoms with E-state index < -0.39 is 9.84 Å². The lowest BCUT2D eigenvalue weighted by molar-refractivity contribution is 0.602. The fourth-order valence-corrected chi connectivity index (χ4v) is 3.32. The van der Waals surface area contributed by atoms with Crippen LogP contribution in [-0.2, 0) is 16.3 Å². The van der Waals surface area contributed by atoms with E-state index in [1.807, 2.05) is 6.92 Å². The number of amidine groups is 1. The summed E-state index contributed by atoms with van der Waals surface area (Å²) in [5, 5.41) is 3.50. The maximum absolute atomic E-state index is 11.5. The zero-order valence-corrected chi connectivity index (χ0v) is 11.9. The van der Waals surface area contributed by atoms with Gasteiger partial charge in [0.25, 0.3) is 0 Å². The number of benzene rings is 1. The maximum Gasteiger partial charge on any atom is 0.177 e. The first-order chi connectivity index (χ1) is 8.39. The lowest BCUT2D eigenvalue weighted by atomic mass is 10.1. The van der Waals surface area contributed by atoms with E-state index in [9.17, 15) is 8.42 Å². The Balaban J connectivity index is 2.37.